The van der Waals surface area contributed by atoms with E-state index in [4.69, 9.17) is 24.1 Å². The number of nitrogens with zero attached hydrogens (tertiary/aromatic N) is 2. The van der Waals surface area contributed by atoms with Crippen LogP contribution >= 0.6 is 19.4 Å². The summed E-state index contributed by atoms with van der Waals surface area (Å²) in [5.74, 6) is 2.52. The number of rotatable bonds is 8. The molecule has 0 radical (unpaired) electrons. The zero-order valence-electron chi connectivity index (χ0n) is 27.4. The minimum absolute atomic E-state index is 0.00360. The maximum atomic E-state index is 10.7. The minimum atomic E-state index is -2.05. The predicted octanol–water partition coefficient (Wildman–Crippen LogP) is 11.1. The van der Waals surface area contributed by atoms with Crippen molar-refractivity contribution >= 4 is 35.4 Å². The fourth-order valence-electron chi connectivity index (χ4n) is 6.88. The smallest absolute Gasteiger partial charge is 0.0145 e. The second-order valence-electron chi connectivity index (χ2n) is 13.9. The summed E-state index contributed by atoms with van der Waals surface area (Å²) in [7, 11) is 11.6. The average molecular weight is 720 g/mol. The zero-order valence-corrected chi connectivity index (χ0v) is 30.6. The van der Waals surface area contributed by atoms with Gasteiger partial charge in [-0.3, -0.25) is 0 Å². The number of halogens is 2. The van der Waals surface area contributed by atoms with E-state index in [1.165, 1.54) is 67.5 Å². The number of nitro groups is 1. The maximum Gasteiger partial charge on any atom is 0.0145 e. The van der Waals surface area contributed by atoms with Gasteiger partial charge >= 0.3 is 112 Å². The van der Waals surface area contributed by atoms with Crippen molar-refractivity contribution in [1.82, 2.24) is 0 Å². The zero-order chi connectivity index (χ0) is 32.1. The summed E-state index contributed by atoms with van der Waals surface area (Å²) in [6.07, 6.45) is 8.37. The molecule has 4 rings (SSSR count). The van der Waals surface area contributed by atoms with E-state index in [-0.39, 0.29) is 17.3 Å². The van der Waals surface area contributed by atoms with Crippen LogP contribution in [-0.4, -0.2) is 21.2 Å². The summed E-state index contributed by atoms with van der Waals surface area (Å²) in [4.78, 5) is 12.9. The molecule has 1 aliphatic heterocycles. The largest absolute Gasteiger partial charge is 0.517 e. The molecule has 1 aliphatic carbocycles. The van der Waals surface area contributed by atoms with Crippen molar-refractivity contribution in [3.63, 3.8) is 0 Å². The number of ether oxygens (including phenoxy) is 1. The average Bonchev–Trinajstić information content (AvgIpc) is 3.18. The topological polar surface area (TPSA) is 55.6 Å². The molecule has 2 aliphatic rings. The molecule has 0 aromatic heterocycles. The minimum Gasteiger partial charge on any atom is -0.517 e. The van der Waals surface area contributed by atoms with Crippen LogP contribution in [0.25, 0.3) is 0 Å². The van der Waals surface area contributed by atoms with Gasteiger partial charge in [0.1, 0.15) is 0 Å². The van der Waals surface area contributed by atoms with Crippen LogP contribution < -0.4 is 9.64 Å². The Kier molecular flexibility index (Phi) is 12.7. The summed E-state index contributed by atoms with van der Waals surface area (Å²) in [6.45, 7) is 23.2. The van der Waals surface area contributed by atoms with Crippen LogP contribution in [0.15, 0.2) is 36.4 Å². The Balaban J connectivity index is 0.000000259. The first kappa shape index (κ1) is 36.0. The molecular weight excluding hydrogens is 668 g/mol. The van der Waals surface area contributed by atoms with Gasteiger partial charge in [-0.15, -0.1) is 5.41 Å². The van der Waals surface area contributed by atoms with Crippen LogP contribution in [0.2, 0.25) is 0 Å². The van der Waals surface area contributed by atoms with Gasteiger partial charge in [-0.2, -0.15) is 0 Å². The third kappa shape index (κ3) is 9.27. The van der Waals surface area contributed by atoms with Crippen molar-refractivity contribution in [3.05, 3.63) is 69.7 Å². The molecule has 2 aromatic carbocycles. The molecule has 242 valence electrons. The first-order chi connectivity index (χ1) is 20.1. The molecule has 43 heavy (non-hydrogen) atoms. The van der Waals surface area contributed by atoms with Crippen LogP contribution in [0.1, 0.15) is 129 Å². The van der Waals surface area contributed by atoms with Gasteiger partial charge in [0.15, 0.2) is 0 Å². The number of hydrogen-bond donors (Lipinski definition) is 0. The number of benzene rings is 2. The standard InChI is InChI=1S/C25H40N.C10H11NO3.2ClH.Ru/c1-18(2)21-14-11-15-22(19(3)4)23(21)26-17-25(7,16-24(26,5)6)20-12-9-8-10-13-20;1-7(2)14-10-5-4-9(11(12)13)6-8(10)3;;;/h11,14-15,17-20H,8-10,12-13,16H2,1-7H3;3-7H,1-2H3;2*1H;/q-1;;;;+2/p-2/t25-;;;;/m1..../s1. The normalized spacial score (nSPS) is 20.7. The summed E-state index contributed by atoms with van der Waals surface area (Å²) >= 11 is -2.05. The third-order valence-corrected chi connectivity index (χ3v) is 10.6. The molecule has 0 bridgehead atoms. The Morgan fingerprint density at radius 2 is 1.58 bits per heavy atom. The molecule has 5 nitrogen and oxygen atoms in total. The van der Waals surface area contributed by atoms with E-state index in [0.29, 0.717) is 28.6 Å². The first-order valence-corrected chi connectivity index (χ1v) is 21.1. The molecular formula is C35H51Cl2N2O3Ru-. The van der Waals surface area contributed by atoms with Crippen LogP contribution in [0.5, 0.6) is 5.75 Å². The Labute approximate surface area is 273 Å². The number of para-hydroxylation sites is 1. The van der Waals surface area contributed by atoms with E-state index in [1.54, 1.807) is 10.7 Å². The van der Waals surface area contributed by atoms with Gasteiger partial charge in [0, 0.05) is 11.2 Å². The van der Waals surface area contributed by atoms with Gasteiger partial charge in [0.05, 0.1) is 0 Å². The fourth-order valence-corrected chi connectivity index (χ4v) is 8.66. The summed E-state index contributed by atoms with van der Waals surface area (Å²) in [5, 5.41) is 10.7. The Bertz CT molecular complexity index is 1260. The summed E-state index contributed by atoms with van der Waals surface area (Å²) < 4.78 is 7.17. The van der Waals surface area contributed by atoms with E-state index in [1.807, 2.05) is 13.8 Å². The number of anilines is 1. The van der Waals surface area contributed by atoms with Gasteiger partial charge in [0.2, 0.25) is 0 Å². The molecule has 0 N–H and O–H groups in total. The molecule has 1 atom stereocenters. The summed E-state index contributed by atoms with van der Waals surface area (Å²) in [5.41, 5.74) is 5.61. The summed E-state index contributed by atoms with van der Waals surface area (Å²) in [6, 6.07) is 11.4. The van der Waals surface area contributed by atoms with Crippen LogP contribution in [-0.2, 0) is 13.5 Å². The molecule has 0 spiro atoms. The van der Waals surface area contributed by atoms with Crippen LogP contribution in [0.3, 0.4) is 0 Å². The molecule has 2 aromatic rings. The number of nitro benzene ring substituents is 1. The van der Waals surface area contributed by atoms with E-state index in [2.05, 4.69) is 78.1 Å². The maximum absolute atomic E-state index is 10.7. The van der Waals surface area contributed by atoms with Crippen molar-refractivity contribution in [1.29, 1.82) is 0 Å². The Morgan fingerprint density at radius 1 is 1.00 bits per heavy atom. The number of non-ortho nitro benzene ring substituents is 1. The van der Waals surface area contributed by atoms with Crippen LogP contribution in [0.4, 0.5) is 11.4 Å². The number of hydrogen-bond acceptors (Lipinski definition) is 4. The SMILES string of the molecule is CC(C)Oc1ccc([N+](=O)[O-])cc1[CH]=[Ru]([Cl])[Cl].CC(C)c1cccc(C(C)C)c1N1[CH-][C@](C)(C2CCCCC2)CC1(C)C. The molecule has 8 heteroatoms. The molecule has 0 amide bonds. The molecule has 0 unspecified atom stereocenters. The van der Waals surface area contributed by atoms with Crippen molar-refractivity contribution in [2.45, 2.75) is 124 Å². The molecule has 2 fully saturated rings. The monoisotopic (exact) mass is 719 g/mol. The quantitative estimate of drug-likeness (QED) is 0.118. The second-order valence-corrected chi connectivity index (χ2v) is 19.6. The van der Waals surface area contributed by atoms with E-state index < -0.39 is 18.4 Å². The van der Waals surface area contributed by atoms with Crippen molar-refractivity contribution in [3.8, 4) is 5.75 Å². The van der Waals surface area contributed by atoms with Gasteiger partial charge in [0.25, 0.3) is 0 Å². The molecule has 1 saturated heterocycles. The Morgan fingerprint density at radius 3 is 2.07 bits per heavy atom. The second kappa shape index (κ2) is 15.2. The van der Waals surface area contributed by atoms with Gasteiger partial charge < -0.3 is 4.90 Å². The fraction of sp³-hybridized carbons (Fsp3) is 0.600. The molecule has 1 saturated carbocycles. The first-order valence-electron chi connectivity index (χ1n) is 15.6. The van der Waals surface area contributed by atoms with Crippen molar-refractivity contribution in [2.75, 3.05) is 4.90 Å². The van der Waals surface area contributed by atoms with Gasteiger partial charge in [-0.05, 0) is 36.8 Å². The van der Waals surface area contributed by atoms with E-state index >= 15 is 0 Å². The Hall–Kier alpha value is -1.49. The van der Waals surface area contributed by atoms with E-state index in [0.717, 1.165) is 5.92 Å². The van der Waals surface area contributed by atoms with E-state index in [9.17, 15) is 10.1 Å². The van der Waals surface area contributed by atoms with Crippen LogP contribution in [0, 0.1) is 28.0 Å². The molecule has 1 heterocycles. The van der Waals surface area contributed by atoms with Gasteiger partial charge in [-0.1, -0.05) is 97.3 Å². The van der Waals surface area contributed by atoms with Crippen molar-refractivity contribution < 1.29 is 23.2 Å². The van der Waals surface area contributed by atoms with Crippen molar-refractivity contribution in [2.24, 2.45) is 11.3 Å². The predicted molar refractivity (Wildman–Crippen MR) is 181 cm³/mol. The van der Waals surface area contributed by atoms with Gasteiger partial charge in [-0.25, -0.2) is 6.54 Å². The third-order valence-electron chi connectivity index (χ3n) is 8.76.